The zero-order valence-corrected chi connectivity index (χ0v) is 24.1. The zero-order valence-electron chi connectivity index (χ0n) is 23.3. The Morgan fingerprint density at radius 2 is 1.85 bits per heavy atom. The largest absolute Gasteiger partial charge is 0.508 e. The number of phenolic OH excluding ortho intramolecular Hbond substituents is 2. The maximum atomic E-state index is 12.0. The smallest absolute Gasteiger partial charge is 0.235 e. The molecule has 9 heteroatoms. The van der Waals surface area contributed by atoms with Crippen molar-refractivity contribution in [2.75, 3.05) is 11.6 Å². The molecule has 0 saturated heterocycles. The number of nitrogens with one attached hydrogen (secondary N) is 1. The molecule has 0 saturated carbocycles. The second kappa shape index (κ2) is 10.9. The minimum Gasteiger partial charge on any atom is -0.508 e. The highest BCUT2D eigenvalue weighted by molar-refractivity contribution is 6.27. The molecule has 0 atom stereocenters. The van der Waals surface area contributed by atoms with Crippen molar-refractivity contribution in [2.24, 2.45) is 0 Å². The number of fused-ring (bicyclic) bond motifs is 3. The number of carbonyl (C=O) groups is 1. The molecule has 208 valence electrons. The quantitative estimate of drug-likeness (QED) is 0.146. The van der Waals surface area contributed by atoms with Crippen LogP contribution >= 0.6 is 11.6 Å². The SMILES string of the molecule is CCCCc1nc2c(N)nc3cc(C(C)(C)CC(C)(C)NC(=O)CCl)ccc3c2n1Cc1cc(O)ccc1O. The van der Waals surface area contributed by atoms with E-state index < -0.39 is 5.54 Å². The number of aryl methyl sites for hydroxylation is 1. The molecule has 2 aromatic heterocycles. The van der Waals surface area contributed by atoms with E-state index in [1.54, 1.807) is 6.07 Å². The number of rotatable bonds is 10. The summed E-state index contributed by atoms with van der Waals surface area (Å²) < 4.78 is 2.08. The Morgan fingerprint density at radius 1 is 1.10 bits per heavy atom. The Kier molecular flexibility index (Phi) is 7.98. The Bertz CT molecular complexity index is 1530. The van der Waals surface area contributed by atoms with Gasteiger partial charge in [0, 0.05) is 22.9 Å². The summed E-state index contributed by atoms with van der Waals surface area (Å²) in [5.74, 6) is 1.13. The van der Waals surface area contributed by atoms with E-state index in [4.69, 9.17) is 27.3 Å². The minimum atomic E-state index is -0.461. The fourth-order valence-electron chi connectivity index (χ4n) is 5.61. The molecule has 0 unspecified atom stereocenters. The lowest BCUT2D eigenvalue weighted by atomic mass is 9.75. The van der Waals surface area contributed by atoms with Crippen LogP contribution < -0.4 is 11.1 Å². The number of nitrogen functional groups attached to an aromatic ring is 1. The van der Waals surface area contributed by atoms with Crippen molar-refractivity contribution >= 4 is 45.3 Å². The van der Waals surface area contributed by atoms with Crippen molar-refractivity contribution in [3.05, 3.63) is 53.3 Å². The van der Waals surface area contributed by atoms with E-state index in [2.05, 4.69) is 48.9 Å². The molecule has 0 radical (unpaired) electrons. The second-order valence-corrected chi connectivity index (χ2v) is 11.9. The van der Waals surface area contributed by atoms with Crippen LogP contribution in [-0.4, -0.2) is 42.1 Å². The van der Waals surface area contributed by atoms with Crippen molar-refractivity contribution in [2.45, 2.75) is 77.8 Å². The number of benzene rings is 2. The third-order valence-corrected chi connectivity index (χ3v) is 7.44. The Hall–Kier alpha value is -3.52. The standard InChI is InChI=1S/C30H38ClN5O3/c1-6-7-8-24-34-26-27(36(24)16-18-13-20(37)10-12-23(18)38)21-11-9-19(14-22(21)33-28(26)32)29(2,3)17-30(4,5)35-25(39)15-31/h9-14,37-38H,6-8,15-17H2,1-5H3,(H2,32,33)(H,35,39). The number of anilines is 1. The lowest BCUT2D eigenvalue weighted by molar-refractivity contribution is -0.120. The van der Waals surface area contributed by atoms with Crippen molar-refractivity contribution in [1.29, 1.82) is 0 Å². The molecule has 2 heterocycles. The molecule has 5 N–H and O–H groups in total. The summed E-state index contributed by atoms with van der Waals surface area (Å²) in [5.41, 5.74) is 9.61. The number of pyridine rings is 1. The lowest BCUT2D eigenvalue weighted by Crippen LogP contribution is -2.47. The number of amides is 1. The molecular formula is C30H38ClN5O3. The van der Waals surface area contributed by atoms with Gasteiger partial charge in [-0.1, -0.05) is 39.3 Å². The van der Waals surface area contributed by atoms with Crippen LogP contribution in [0.1, 0.15) is 70.8 Å². The van der Waals surface area contributed by atoms with Gasteiger partial charge in [-0.2, -0.15) is 0 Å². The van der Waals surface area contributed by atoms with Crippen molar-refractivity contribution < 1.29 is 15.0 Å². The number of halogens is 1. The van der Waals surface area contributed by atoms with Gasteiger partial charge in [0.05, 0.1) is 17.6 Å². The number of phenols is 2. The van der Waals surface area contributed by atoms with Crippen molar-refractivity contribution in [3.8, 4) is 11.5 Å². The predicted molar refractivity (Wildman–Crippen MR) is 158 cm³/mol. The van der Waals surface area contributed by atoms with Crippen LogP contribution in [0.4, 0.5) is 5.82 Å². The van der Waals surface area contributed by atoms with E-state index in [-0.39, 0.29) is 28.7 Å². The first-order chi connectivity index (χ1) is 18.3. The average molecular weight is 552 g/mol. The van der Waals surface area contributed by atoms with E-state index >= 15 is 0 Å². The zero-order chi connectivity index (χ0) is 28.5. The lowest BCUT2D eigenvalue weighted by Gasteiger charge is -2.36. The van der Waals surface area contributed by atoms with Gasteiger partial charge in [0.25, 0.3) is 0 Å². The molecule has 0 aliphatic heterocycles. The van der Waals surface area contributed by atoms with E-state index in [1.165, 1.54) is 12.1 Å². The maximum Gasteiger partial charge on any atom is 0.235 e. The molecule has 0 spiro atoms. The topological polar surface area (TPSA) is 126 Å². The van der Waals surface area contributed by atoms with Gasteiger partial charge in [-0.3, -0.25) is 4.79 Å². The van der Waals surface area contributed by atoms with Crippen LogP contribution in [0.2, 0.25) is 0 Å². The van der Waals surface area contributed by atoms with Crippen molar-refractivity contribution in [1.82, 2.24) is 19.9 Å². The number of unbranched alkanes of at least 4 members (excludes halogenated alkanes) is 1. The fourth-order valence-corrected chi connectivity index (χ4v) is 5.67. The number of aromatic nitrogens is 3. The highest BCUT2D eigenvalue weighted by Gasteiger charge is 2.32. The Balaban J connectivity index is 1.84. The van der Waals surface area contributed by atoms with Gasteiger partial charge in [0.15, 0.2) is 5.82 Å². The summed E-state index contributed by atoms with van der Waals surface area (Å²) in [7, 11) is 0. The maximum absolute atomic E-state index is 12.0. The number of hydrogen-bond acceptors (Lipinski definition) is 6. The Morgan fingerprint density at radius 3 is 2.54 bits per heavy atom. The van der Waals surface area contributed by atoms with Gasteiger partial charge in [-0.15, -0.1) is 11.6 Å². The van der Waals surface area contributed by atoms with Crippen LogP contribution in [0, 0.1) is 0 Å². The van der Waals surface area contributed by atoms with E-state index in [1.807, 2.05) is 13.8 Å². The molecule has 0 bridgehead atoms. The number of nitrogens with zero attached hydrogens (tertiary/aromatic N) is 3. The second-order valence-electron chi connectivity index (χ2n) is 11.6. The molecule has 4 aromatic rings. The summed E-state index contributed by atoms with van der Waals surface area (Å²) in [4.78, 5) is 21.6. The number of carbonyl (C=O) groups excluding carboxylic acids is 1. The molecule has 4 rings (SSSR count). The molecular weight excluding hydrogens is 514 g/mol. The number of hydrogen-bond donors (Lipinski definition) is 4. The van der Waals surface area contributed by atoms with E-state index in [9.17, 15) is 15.0 Å². The summed E-state index contributed by atoms with van der Waals surface area (Å²) in [6.07, 6.45) is 3.39. The van der Waals surface area contributed by atoms with Crippen LogP contribution in [0.25, 0.3) is 21.9 Å². The number of nitrogens with two attached hydrogens (primary N) is 1. The first kappa shape index (κ1) is 28.5. The highest BCUT2D eigenvalue weighted by Crippen LogP contribution is 2.37. The van der Waals surface area contributed by atoms with Gasteiger partial charge in [0.1, 0.15) is 28.7 Å². The summed E-state index contributed by atoms with van der Waals surface area (Å²) in [5, 5.41) is 24.5. The van der Waals surface area contributed by atoms with Gasteiger partial charge >= 0.3 is 0 Å². The highest BCUT2D eigenvalue weighted by atomic mass is 35.5. The predicted octanol–water partition coefficient (Wildman–Crippen LogP) is 5.77. The fraction of sp³-hybridized carbons (Fsp3) is 0.433. The summed E-state index contributed by atoms with van der Waals surface area (Å²) in [6, 6.07) is 10.7. The van der Waals surface area contributed by atoms with Gasteiger partial charge < -0.3 is 25.8 Å². The van der Waals surface area contributed by atoms with Crippen LogP contribution in [0.15, 0.2) is 36.4 Å². The molecule has 1 amide bonds. The van der Waals surface area contributed by atoms with E-state index in [0.717, 1.165) is 47.1 Å². The molecule has 2 aromatic carbocycles. The molecule has 0 aliphatic rings. The molecule has 0 aliphatic carbocycles. The van der Waals surface area contributed by atoms with Gasteiger partial charge in [-0.05, 0) is 61.9 Å². The number of imidazole rings is 1. The first-order valence-electron chi connectivity index (χ1n) is 13.3. The van der Waals surface area contributed by atoms with Crippen LogP contribution in [0.3, 0.4) is 0 Å². The van der Waals surface area contributed by atoms with Gasteiger partial charge in [-0.25, -0.2) is 9.97 Å². The monoisotopic (exact) mass is 551 g/mol. The van der Waals surface area contributed by atoms with Crippen LogP contribution in [0.5, 0.6) is 11.5 Å². The van der Waals surface area contributed by atoms with E-state index in [0.29, 0.717) is 29.9 Å². The third-order valence-electron chi connectivity index (χ3n) is 7.19. The van der Waals surface area contributed by atoms with Crippen molar-refractivity contribution in [3.63, 3.8) is 0 Å². The molecule has 39 heavy (non-hydrogen) atoms. The number of aromatic hydroxyl groups is 2. The average Bonchev–Trinajstić information content (AvgIpc) is 3.22. The first-order valence-corrected chi connectivity index (χ1v) is 13.9. The van der Waals surface area contributed by atoms with Gasteiger partial charge in [0.2, 0.25) is 5.91 Å². The third kappa shape index (κ3) is 6.06. The Labute approximate surface area is 234 Å². The molecule has 8 nitrogen and oxygen atoms in total. The van der Waals surface area contributed by atoms with Crippen LogP contribution in [-0.2, 0) is 23.2 Å². The minimum absolute atomic E-state index is 0.0761. The molecule has 0 fully saturated rings. The normalized spacial score (nSPS) is 12.4. The number of alkyl halides is 1. The summed E-state index contributed by atoms with van der Waals surface area (Å²) in [6.45, 7) is 10.7. The summed E-state index contributed by atoms with van der Waals surface area (Å²) >= 11 is 5.72.